The van der Waals surface area contributed by atoms with E-state index in [1.54, 1.807) is 0 Å². The highest BCUT2D eigenvalue weighted by atomic mass is 16.2. The smallest absolute Gasteiger partial charge is 0.240 e. The molecular formula is C16H24N2O. The van der Waals surface area contributed by atoms with Crippen molar-refractivity contribution in [3.05, 3.63) is 35.4 Å². The number of hydrogen-bond acceptors (Lipinski definition) is 2. The molecule has 1 N–H and O–H groups in total. The van der Waals surface area contributed by atoms with E-state index < -0.39 is 0 Å². The molecule has 0 spiro atoms. The van der Waals surface area contributed by atoms with Crippen LogP contribution in [0, 0.1) is 12.8 Å². The Hall–Kier alpha value is -1.35. The molecule has 0 aromatic heterocycles. The van der Waals surface area contributed by atoms with Crippen molar-refractivity contribution in [1.29, 1.82) is 0 Å². The maximum atomic E-state index is 12.5. The van der Waals surface area contributed by atoms with Crippen LogP contribution < -0.4 is 5.32 Å². The maximum Gasteiger partial charge on any atom is 0.240 e. The van der Waals surface area contributed by atoms with Gasteiger partial charge in [0.15, 0.2) is 0 Å². The van der Waals surface area contributed by atoms with Gasteiger partial charge in [-0.2, -0.15) is 0 Å². The first kappa shape index (κ1) is 14.1. The lowest BCUT2D eigenvalue weighted by atomic mass is 10.0. The quantitative estimate of drug-likeness (QED) is 0.901. The standard InChI is InChI=1S/C16H24N2O/c1-4-18(11-14-7-5-6-12(2)10-14)16(19)15-13(3)8-9-17-15/h5-7,10,13,15,17H,4,8-9,11H2,1-3H3. The first-order valence-corrected chi connectivity index (χ1v) is 7.19. The van der Waals surface area contributed by atoms with Crippen LogP contribution >= 0.6 is 0 Å². The number of hydrogen-bond donors (Lipinski definition) is 1. The van der Waals surface area contributed by atoms with Crippen molar-refractivity contribution in [3.8, 4) is 0 Å². The van der Waals surface area contributed by atoms with Gasteiger partial charge in [-0.25, -0.2) is 0 Å². The molecule has 19 heavy (non-hydrogen) atoms. The lowest BCUT2D eigenvalue weighted by Crippen LogP contribution is -2.45. The molecule has 1 heterocycles. The summed E-state index contributed by atoms with van der Waals surface area (Å²) in [7, 11) is 0. The molecule has 2 atom stereocenters. The topological polar surface area (TPSA) is 32.3 Å². The summed E-state index contributed by atoms with van der Waals surface area (Å²) in [5.41, 5.74) is 2.45. The summed E-state index contributed by atoms with van der Waals surface area (Å²) in [6, 6.07) is 8.39. The zero-order valence-corrected chi connectivity index (χ0v) is 12.1. The van der Waals surface area contributed by atoms with E-state index in [0.717, 1.165) is 19.5 Å². The Bertz CT molecular complexity index is 444. The second-order valence-electron chi connectivity index (χ2n) is 5.54. The van der Waals surface area contributed by atoms with Crippen LogP contribution in [0.3, 0.4) is 0 Å². The number of carbonyl (C=O) groups is 1. The van der Waals surface area contributed by atoms with Crippen LogP contribution in [0.15, 0.2) is 24.3 Å². The van der Waals surface area contributed by atoms with E-state index in [1.807, 2.05) is 11.8 Å². The summed E-state index contributed by atoms with van der Waals surface area (Å²) in [6.45, 7) is 8.72. The molecule has 1 aliphatic heterocycles. The van der Waals surface area contributed by atoms with E-state index in [9.17, 15) is 4.79 Å². The number of aryl methyl sites for hydroxylation is 1. The third-order valence-electron chi connectivity index (χ3n) is 3.95. The van der Waals surface area contributed by atoms with E-state index >= 15 is 0 Å². The highest BCUT2D eigenvalue weighted by Crippen LogP contribution is 2.18. The molecule has 1 aliphatic rings. The molecule has 1 fully saturated rings. The lowest BCUT2D eigenvalue weighted by Gasteiger charge is -2.26. The number of amides is 1. The summed E-state index contributed by atoms with van der Waals surface area (Å²) in [6.07, 6.45) is 1.10. The number of benzene rings is 1. The van der Waals surface area contributed by atoms with Gasteiger partial charge in [0.05, 0.1) is 6.04 Å². The van der Waals surface area contributed by atoms with Crippen molar-refractivity contribution in [1.82, 2.24) is 10.2 Å². The van der Waals surface area contributed by atoms with Crippen molar-refractivity contribution in [3.63, 3.8) is 0 Å². The van der Waals surface area contributed by atoms with Gasteiger partial charge < -0.3 is 10.2 Å². The molecule has 0 radical (unpaired) electrons. The number of likely N-dealkylation sites (N-methyl/N-ethyl adjacent to an activating group) is 1. The second-order valence-corrected chi connectivity index (χ2v) is 5.54. The molecule has 3 heteroatoms. The van der Waals surface area contributed by atoms with E-state index in [0.29, 0.717) is 12.5 Å². The van der Waals surface area contributed by atoms with Gasteiger partial charge in [0.25, 0.3) is 0 Å². The molecule has 0 aliphatic carbocycles. The van der Waals surface area contributed by atoms with Gasteiger partial charge in [0.2, 0.25) is 5.91 Å². The molecule has 1 saturated heterocycles. The Morgan fingerprint density at radius 2 is 2.26 bits per heavy atom. The predicted molar refractivity (Wildman–Crippen MR) is 77.8 cm³/mol. The van der Waals surface area contributed by atoms with Crippen LogP contribution in [0.2, 0.25) is 0 Å². The van der Waals surface area contributed by atoms with Crippen LogP contribution in [-0.2, 0) is 11.3 Å². The lowest BCUT2D eigenvalue weighted by molar-refractivity contribution is -0.134. The third-order valence-corrected chi connectivity index (χ3v) is 3.95. The molecule has 1 amide bonds. The Labute approximate surface area is 116 Å². The van der Waals surface area contributed by atoms with Crippen molar-refractivity contribution < 1.29 is 4.79 Å². The van der Waals surface area contributed by atoms with E-state index in [2.05, 4.69) is 43.4 Å². The number of nitrogens with one attached hydrogen (secondary N) is 1. The number of carbonyl (C=O) groups excluding carboxylic acids is 1. The van der Waals surface area contributed by atoms with Gasteiger partial charge in [0, 0.05) is 13.1 Å². The zero-order valence-electron chi connectivity index (χ0n) is 12.1. The van der Waals surface area contributed by atoms with E-state index in [4.69, 9.17) is 0 Å². The van der Waals surface area contributed by atoms with Crippen LogP contribution in [0.5, 0.6) is 0 Å². The van der Waals surface area contributed by atoms with E-state index in [-0.39, 0.29) is 11.9 Å². The number of nitrogens with zero attached hydrogens (tertiary/aromatic N) is 1. The first-order valence-electron chi connectivity index (χ1n) is 7.19. The van der Waals surface area contributed by atoms with Crippen LogP contribution in [-0.4, -0.2) is 29.9 Å². The molecule has 3 nitrogen and oxygen atoms in total. The predicted octanol–water partition coefficient (Wildman–Crippen LogP) is 2.34. The molecule has 104 valence electrons. The molecule has 0 bridgehead atoms. The summed E-state index contributed by atoms with van der Waals surface area (Å²) in [5.74, 6) is 0.688. The maximum absolute atomic E-state index is 12.5. The Balaban J connectivity index is 2.05. The van der Waals surface area contributed by atoms with Gasteiger partial charge in [-0.15, -0.1) is 0 Å². The fourth-order valence-corrected chi connectivity index (χ4v) is 2.74. The van der Waals surface area contributed by atoms with Crippen molar-refractivity contribution >= 4 is 5.91 Å². The van der Waals surface area contributed by atoms with Gasteiger partial charge in [-0.3, -0.25) is 4.79 Å². The Morgan fingerprint density at radius 3 is 2.84 bits per heavy atom. The Kier molecular flexibility index (Phi) is 4.59. The largest absolute Gasteiger partial charge is 0.337 e. The van der Waals surface area contributed by atoms with Crippen LogP contribution in [0.25, 0.3) is 0 Å². The average molecular weight is 260 g/mol. The molecule has 2 unspecified atom stereocenters. The Morgan fingerprint density at radius 1 is 1.47 bits per heavy atom. The normalized spacial score (nSPS) is 22.5. The zero-order chi connectivity index (χ0) is 13.8. The number of rotatable bonds is 4. The summed E-state index contributed by atoms with van der Waals surface area (Å²) < 4.78 is 0. The fourth-order valence-electron chi connectivity index (χ4n) is 2.74. The van der Waals surface area contributed by atoms with Crippen LogP contribution in [0.4, 0.5) is 0 Å². The van der Waals surface area contributed by atoms with Crippen LogP contribution in [0.1, 0.15) is 31.4 Å². The van der Waals surface area contributed by atoms with Gasteiger partial charge in [-0.1, -0.05) is 36.8 Å². The SMILES string of the molecule is CCN(Cc1cccc(C)c1)C(=O)C1NCCC1C. The first-order chi connectivity index (χ1) is 9.11. The van der Waals surface area contributed by atoms with Gasteiger partial charge in [0.1, 0.15) is 0 Å². The minimum atomic E-state index is 0.00441. The molecular weight excluding hydrogens is 236 g/mol. The average Bonchev–Trinajstić information content (AvgIpc) is 2.81. The van der Waals surface area contributed by atoms with Gasteiger partial charge in [-0.05, 0) is 38.3 Å². The molecule has 1 aromatic rings. The van der Waals surface area contributed by atoms with Crippen molar-refractivity contribution in [2.24, 2.45) is 5.92 Å². The monoisotopic (exact) mass is 260 g/mol. The van der Waals surface area contributed by atoms with E-state index in [1.165, 1.54) is 11.1 Å². The highest BCUT2D eigenvalue weighted by Gasteiger charge is 2.31. The summed E-state index contributed by atoms with van der Waals surface area (Å²) in [4.78, 5) is 14.5. The fraction of sp³-hybridized carbons (Fsp3) is 0.562. The van der Waals surface area contributed by atoms with Gasteiger partial charge >= 0.3 is 0 Å². The van der Waals surface area contributed by atoms with Crippen molar-refractivity contribution in [2.75, 3.05) is 13.1 Å². The molecule has 2 rings (SSSR count). The van der Waals surface area contributed by atoms with Crippen molar-refractivity contribution in [2.45, 2.75) is 39.8 Å². The summed E-state index contributed by atoms with van der Waals surface area (Å²) >= 11 is 0. The molecule has 1 aromatic carbocycles. The third kappa shape index (κ3) is 3.35. The highest BCUT2D eigenvalue weighted by molar-refractivity contribution is 5.82. The summed E-state index contributed by atoms with van der Waals surface area (Å²) in [5, 5.41) is 3.33. The minimum Gasteiger partial charge on any atom is -0.337 e. The minimum absolute atomic E-state index is 0.00441. The second kappa shape index (κ2) is 6.20. The molecule has 0 saturated carbocycles.